The average molecular weight is 476 g/mol. The number of pyridine rings is 1. The number of unbranched alkanes of at least 4 members (excludes halogenated alkanes) is 1. The molecule has 1 fully saturated rings. The Kier molecular flexibility index (Phi) is 11.1. The number of hydrogen-bond donors (Lipinski definition) is 2. The number of thioether (sulfide) groups is 1. The van der Waals surface area contributed by atoms with Gasteiger partial charge >= 0.3 is 8.25 Å². The molecular weight excluding hydrogens is 439 g/mol. The first-order chi connectivity index (χ1) is 15.7. The lowest BCUT2D eigenvalue weighted by molar-refractivity contribution is 0.268. The van der Waals surface area contributed by atoms with Gasteiger partial charge in [0.2, 0.25) is 0 Å². The summed E-state index contributed by atoms with van der Waals surface area (Å²) in [6.45, 7) is 1.71. The Hall–Kier alpha value is -1.30. The van der Waals surface area contributed by atoms with Crippen molar-refractivity contribution in [1.82, 2.24) is 10.3 Å². The Bertz CT molecular complexity index is 799. The van der Waals surface area contributed by atoms with Gasteiger partial charge in [0, 0.05) is 22.2 Å². The molecule has 0 aliphatic heterocycles. The van der Waals surface area contributed by atoms with Crippen LogP contribution in [-0.2, 0) is 21.0 Å². The van der Waals surface area contributed by atoms with Crippen molar-refractivity contribution in [2.75, 3.05) is 18.9 Å². The molecular formula is C25H36N2O3PS+. The fourth-order valence-electron chi connectivity index (χ4n) is 4.62. The van der Waals surface area contributed by atoms with E-state index in [1.165, 1.54) is 56.3 Å². The van der Waals surface area contributed by atoms with Crippen molar-refractivity contribution in [3.05, 3.63) is 59.9 Å². The molecule has 1 atom stereocenters. The van der Waals surface area contributed by atoms with E-state index in [9.17, 15) is 4.57 Å². The molecule has 5 nitrogen and oxygen atoms in total. The molecule has 3 rings (SSSR count). The molecule has 7 heteroatoms. The summed E-state index contributed by atoms with van der Waals surface area (Å²) in [5.74, 6) is 1.14. The Morgan fingerprint density at radius 2 is 1.88 bits per heavy atom. The summed E-state index contributed by atoms with van der Waals surface area (Å²) in [5.41, 5.74) is 2.96. The van der Waals surface area contributed by atoms with Crippen LogP contribution in [0.25, 0.3) is 0 Å². The van der Waals surface area contributed by atoms with Gasteiger partial charge in [-0.3, -0.25) is 4.98 Å². The molecule has 0 spiro atoms. The standard InChI is InChI=1S/C25H35N2O3PS/c28-31(29)30-18-9-17-26-20-23-12-13-24(21-27-23)32-19-8-7-16-25(14-5-2-6-15-25)22-10-3-1-4-11-22/h1,3-4,10-13,21,26H,2,5-9,14-20H2/p+1. The molecule has 0 radical (unpaired) electrons. The Morgan fingerprint density at radius 3 is 2.59 bits per heavy atom. The summed E-state index contributed by atoms with van der Waals surface area (Å²) in [6, 6.07) is 15.4. The molecule has 0 saturated heterocycles. The number of nitrogens with zero attached hydrogens (tertiary/aromatic N) is 1. The highest BCUT2D eigenvalue weighted by Gasteiger charge is 2.32. The van der Waals surface area contributed by atoms with E-state index in [2.05, 4.69) is 57.3 Å². The Balaban J connectivity index is 1.33. The third-order valence-corrected chi connectivity index (χ3v) is 7.79. The predicted molar refractivity (Wildman–Crippen MR) is 132 cm³/mol. The molecule has 1 aromatic carbocycles. The van der Waals surface area contributed by atoms with Gasteiger partial charge in [-0.2, -0.15) is 0 Å². The highest BCUT2D eigenvalue weighted by atomic mass is 32.2. The van der Waals surface area contributed by atoms with Crippen LogP contribution < -0.4 is 5.32 Å². The van der Waals surface area contributed by atoms with E-state index in [0.29, 0.717) is 18.4 Å². The lowest BCUT2D eigenvalue weighted by Crippen LogP contribution is -2.29. The number of hydrogen-bond acceptors (Lipinski definition) is 5. The lowest BCUT2D eigenvalue weighted by atomic mass is 9.67. The van der Waals surface area contributed by atoms with E-state index in [-0.39, 0.29) is 6.61 Å². The second-order valence-electron chi connectivity index (χ2n) is 8.60. The zero-order valence-electron chi connectivity index (χ0n) is 18.9. The largest absolute Gasteiger partial charge is 0.694 e. The summed E-state index contributed by atoms with van der Waals surface area (Å²) in [7, 11) is -2.49. The smallest absolute Gasteiger partial charge is 0.311 e. The Morgan fingerprint density at radius 1 is 1.06 bits per heavy atom. The number of rotatable bonds is 14. The van der Waals surface area contributed by atoms with E-state index in [0.717, 1.165) is 18.0 Å². The maximum atomic E-state index is 10.4. The van der Waals surface area contributed by atoms with Crippen molar-refractivity contribution in [3.63, 3.8) is 0 Å². The zero-order chi connectivity index (χ0) is 22.5. The van der Waals surface area contributed by atoms with Gasteiger partial charge in [0.1, 0.15) is 6.61 Å². The molecule has 2 aromatic rings. The van der Waals surface area contributed by atoms with E-state index in [1.807, 2.05) is 18.0 Å². The van der Waals surface area contributed by atoms with Gasteiger partial charge < -0.3 is 5.32 Å². The summed E-state index contributed by atoms with van der Waals surface area (Å²) in [4.78, 5) is 14.3. The second-order valence-corrected chi connectivity index (χ2v) is 10.5. The van der Waals surface area contributed by atoms with Crippen LogP contribution in [0.1, 0.15) is 69.0 Å². The molecule has 1 aromatic heterocycles. The zero-order valence-corrected chi connectivity index (χ0v) is 20.6. The molecule has 0 bridgehead atoms. The van der Waals surface area contributed by atoms with Crippen LogP contribution in [-0.4, -0.2) is 28.8 Å². The molecule has 174 valence electrons. The summed E-state index contributed by atoms with van der Waals surface area (Å²) in [5, 5.41) is 3.28. The highest BCUT2D eigenvalue weighted by molar-refractivity contribution is 7.99. The molecule has 0 amide bonds. The van der Waals surface area contributed by atoms with Crippen molar-refractivity contribution in [2.24, 2.45) is 0 Å². The molecule has 2 N–H and O–H groups in total. The van der Waals surface area contributed by atoms with Gasteiger partial charge in [0.25, 0.3) is 0 Å². The molecule has 32 heavy (non-hydrogen) atoms. The first kappa shape index (κ1) is 25.3. The lowest BCUT2D eigenvalue weighted by Gasteiger charge is -2.38. The SMILES string of the molecule is O=[P+](O)OCCCNCc1ccc(SCCCCC2(c3ccccc3)CCCCC2)cn1. The van der Waals surface area contributed by atoms with Crippen LogP contribution in [0.5, 0.6) is 0 Å². The average Bonchev–Trinajstić information content (AvgIpc) is 2.83. The molecule has 1 saturated carbocycles. The summed E-state index contributed by atoms with van der Waals surface area (Å²) in [6.07, 6.45) is 13.3. The monoisotopic (exact) mass is 475 g/mol. The van der Waals surface area contributed by atoms with Gasteiger partial charge in [-0.1, -0.05) is 56.0 Å². The van der Waals surface area contributed by atoms with E-state index in [4.69, 9.17) is 4.89 Å². The minimum absolute atomic E-state index is 0.286. The van der Waals surface area contributed by atoms with Gasteiger partial charge in [-0.05, 0) is 67.5 Å². The van der Waals surface area contributed by atoms with Crippen molar-refractivity contribution < 1.29 is 14.0 Å². The van der Waals surface area contributed by atoms with E-state index >= 15 is 0 Å². The first-order valence-electron chi connectivity index (χ1n) is 11.8. The van der Waals surface area contributed by atoms with Crippen LogP contribution in [0, 0.1) is 0 Å². The van der Waals surface area contributed by atoms with Gasteiger partial charge in [0.15, 0.2) is 0 Å². The molecule has 1 aliphatic carbocycles. The number of nitrogens with one attached hydrogen (secondary N) is 1. The van der Waals surface area contributed by atoms with Gasteiger partial charge in [0.05, 0.1) is 5.69 Å². The van der Waals surface area contributed by atoms with E-state index < -0.39 is 8.25 Å². The fourth-order valence-corrected chi connectivity index (χ4v) is 5.78. The van der Waals surface area contributed by atoms with Crippen LogP contribution in [0.15, 0.2) is 53.6 Å². The quantitative estimate of drug-likeness (QED) is 0.187. The third kappa shape index (κ3) is 8.57. The second kappa shape index (κ2) is 14.1. The van der Waals surface area contributed by atoms with E-state index in [1.54, 1.807) is 5.56 Å². The number of benzene rings is 1. The van der Waals surface area contributed by atoms with Gasteiger partial charge in [-0.25, -0.2) is 0 Å². The Labute approximate surface area is 197 Å². The van der Waals surface area contributed by atoms with Crippen LogP contribution in [0.2, 0.25) is 0 Å². The minimum atomic E-state index is -2.49. The van der Waals surface area contributed by atoms with Crippen molar-refractivity contribution in [1.29, 1.82) is 0 Å². The number of aromatic nitrogens is 1. The topological polar surface area (TPSA) is 71.5 Å². The predicted octanol–water partition coefficient (Wildman–Crippen LogP) is 6.39. The van der Waals surface area contributed by atoms with Gasteiger partial charge in [-0.15, -0.1) is 21.2 Å². The first-order valence-corrected chi connectivity index (χ1v) is 13.9. The van der Waals surface area contributed by atoms with Crippen molar-refractivity contribution in [2.45, 2.75) is 74.6 Å². The van der Waals surface area contributed by atoms with Crippen LogP contribution >= 0.6 is 20.0 Å². The molecule has 1 unspecified atom stereocenters. The van der Waals surface area contributed by atoms with Crippen LogP contribution in [0.3, 0.4) is 0 Å². The fraction of sp³-hybridized carbons (Fsp3) is 0.560. The summed E-state index contributed by atoms with van der Waals surface area (Å²) >= 11 is 1.90. The maximum absolute atomic E-state index is 10.4. The molecule has 1 heterocycles. The maximum Gasteiger partial charge on any atom is 0.694 e. The van der Waals surface area contributed by atoms with Crippen molar-refractivity contribution in [3.8, 4) is 0 Å². The summed E-state index contributed by atoms with van der Waals surface area (Å²) < 4.78 is 15.1. The van der Waals surface area contributed by atoms with Crippen molar-refractivity contribution >= 4 is 20.0 Å². The minimum Gasteiger partial charge on any atom is -0.311 e. The normalized spacial score (nSPS) is 16.1. The highest BCUT2D eigenvalue weighted by Crippen LogP contribution is 2.43. The molecule has 1 aliphatic rings. The third-order valence-electron chi connectivity index (χ3n) is 6.32. The van der Waals surface area contributed by atoms with Crippen LogP contribution in [0.4, 0.5) is 0 Å².